The molecule has 14 heteroatoms. The lowest BCUT2D eigenvalue weighted by Crippen LogP contribution is -2.81. The molecule has 1 amide bonds. The van der Waals surface area contributed by atoms with Gasteiger partial charge in [-0.15, -0.1) is 0 Å². The van der Waals surface area contributed by atoms with Crippen LogP contribution in [0.4, 0.5) is 0 Å². The molecule has 0 radical (unpaired) electrons. The number of aliphatic hydroxyl groups is 2. The Hall–Kier alpha value is -1.82. The second-order valence-corrected chi connectivity index (χ2v) is 20.5. The van der Waals surface area contributed by atoms with Gasteiger partial charge >= 0.3 is 0 Å². The number of Topliss-reactive ketones (excluding diaryl/α,β-unsaturated/α-hetero) is 1. The number of hydrogen-bond donors (Lipinski definition) is 3. The number of amides is 1. The average Bonchev–Trinajstić information content (AvgIpc) is 3.73. The molecule has 0 spiro atoms. The molecule has 12 aliphatic rings. The third kappa shape index (κ3) is 8.03. The van der Waals surface area contributed by atoms with Crippen molar-refractivity contribution < 1.29 is 62.4 Å². The molecule has 61 heavy (non-hydrogen) atoms. The summed E-state index contributed by atoms with van der Waals surface area (Å²) in [4.78, 5) is 27.4. The number of carbonyl (C=O) groups is 2. The quantitative estimate of drug-likeness (QED) is 0.300. The summed E-state index contributed by atoms with van der Waals surface area (Å²) in [6.45, 7) is 8.96. The molecule has 10 heterocycles. The molecule has 2 unspecified atom stereocenters. The Morgan fingerprint density at radius 3 is 2.33 bits per heavy atom. The van der Waals surface area contributed by atoms with Crippen molar-refractivity contribution in [2.75, 3.05) is 27.4 Å². The highest BCUT2D eigenvalue weighted by Gasteiger charge is 2.73. The van der Waals surface area contributed by atoms with Crippen LogP contribution in [0.1, 0.15) is 109 Å². The summed E-state index contributed by atoms with van der Waals surface area (Å²) >= 11 is 0. The van der Waals surface area contributed by atoms with Crippen molar-refractivity contribution >= 4 is 11.7 Å². The zero-order valence-electron chi connectivity index (χ0n) is 36.1. The van der Waals surface area contributed by atoms with Crippen LogP contribution in [0.15, 0.2) is 24.3 Å². The van der Waals surface area contributed by atoms with Crippen molar-refractivity contribution in [1.29, 1.82) is 0 Å². The van der Waals surface area contributed by atoms with Crippen LogP contribution in [0.3, 0.4) is 0 Å². The molecule has 3 N–H and O–H groups in total. The van der Waals surface area contributed by atoms with Crippen LogP contribution in [0.2, 0.25) is 0 Å². The summed E-state index contributed by atoms with van der Waals surface area (Å²) in [6.07, 6.45) is 7.51. The first-order valence-electron chi connectivity index (χ1n) is 23.6. The van der Waals surface area contributed by atoms with Crippen LogP contribution in [0, 0.1) is 23.2 Å². The number of fused-ring (bicyclic) bond motifs is 6. The van der Waals surface area contributed by atoms with E-state index in [0.29, 0.717) is 51.4 Å². The molecule has 14 nitrogen and oxygen atoms in total. The minimum atomic E-state index is -1.39. The number of ketones is 1. The van der Waals surface area contributed by atoms with Crippen LogP contribution < -0.4 is 5.32 Å². The van der Waals surface area contributed by atoms with Crippen molar-refractivity contribution in [1.82, 2.24) is 5.32 Å². The fourth-order valence-electron chi connectivity index (χ4n) is 13.1. The van der Waals surface area contributed by atoms with Gasteiger partial charge in [0.1, 0.15) is 11.9 Å². The molecule has 2 saturated carbocycles. The second-order valence-electron chi connectivity index (χ2n) is 20.5. The van der Waals surface area contributed by atoms with Gasteiger partial charge in [-0.05, 0) is 75.4 Å². The van der Waals surface area contributed by atoms with Gasteiger partial charge in [-0.3, -0.25) is 9.59 Å². The van der Waals surface area contributed by atoms with Crippen LogP contribution in [0.5, 0.6) is 0 Å². The molecule has 13 bridgehead atoms. The first-order chi connectivity index (χ1) is 29.5. The zero-order valence-corrected chi connectivity index (χ0v) is 36.1. The Labute approximate surface area is 360 Å². The normalized spacial score (nSPS) is 48.3. The molecule has 0 aromatic rings. The van der Waals surface area contributed by atoms with E-state index in [4.69, 9.17) is 42.6 Å². The molecule has 2 aliphatic carbocycles. The van der Waals surface area contributed by atoms with Gasteiger partial charge in [0.05, 0.1) is 97.5 Å². The van der Waals surface area contributed by atoms with E-state index in [1.165, 1.54) is 0 Å². The van der Waals surface area contributed by atoms with Crippen molar-refractivity contribution in [3.8, 4) is 0 Å². The van der Waals surface area contributed by atoms with E-state index in [0.717, 1.165) is 56.1 Å². The highest BCUT2D eigenvalue weighted by Crippen LogP contribution is 2.61. The Balaban J connectivity index is 0.888. The van der Waals surface area contributed by atoms with Gasteiger partial charge < -0.3 is 58.2 Å². The molecule has 0 aromatic carbocycles. The molecule has 12 fully saturated rings. The van der Waals surface area contributed by atoms with E-state index in [9.17, 15) is 19.8 Å². The van der Waals surface area contributed by atoms with Gasteiger partial charge in [0, 0.05) is 77.0 Å². The molecule has 0 aromatic heterocycles. The lowest BCUT2D eigenvalue weighted by Gasteiger charge is -2.70. The summed E-state index contributed by atoms with van der Waals surface area (Å²) in [6, 6.07) is 0. The molecule has 19 atom stereocenters. The van der Waals surface area contributed by atoms with Crippen LogP contribution >= 0.6 is 0 Å². The molecule has 12 rings (SSSR count). The van der Waals surface area contributed by atoms with E-state index in [2.05, 4.69) is 18.5 Å². The lowest BCUT2D eigenvalue weighted by molar-refractivity contribution is -0.444. The maximum Gasteiger partial charge on any atom is 0.228 e. The van der Waals surface area contributed by atoms with Crippen molar-refractivity contribution in [3.63, 3.8) is 0 Å². The maximum atomic E-state index is 14.3. The van der Waals surface area contributed by atoms with E-state index < -0.39 is 35.6 Å². The fraction of sp³-hybridized carbons (Fsp3) is 0.872. The zero-order chi connectivity index (χ0) is 42.2. The average molecular weight is 856 g/mol. The lowest BCUT2D eigenvalue weighted by atomic mass is 9.56. The van der Waals surface area contributed by atoms with E-state index in [1.807, 2.05) is 0 Å². The van der Waals surface area contributed by atoms with Crippen LogP contribution in [-0.2, 0) is 52.2 Å². The minimum Gasteiger partial charge on any atom is -0.395 e. The van der Waals surface area contributed by atoms with Crippen molar-refractivity contribution in [2.45, 2.75) is 207 Å². The first kappa shape index (κ1) is 43.1. The molecular formula is C47H69NO13. The first-order valence-corrected chi connectivity index (χ1v) is 23.6. The summed E-state index contributed by atoms with van der Waals surface area (Å²) in [7, 11) is 3.30. The van der Waals surface area contributed by atoms with Gasteiger partial charge in [0.15, 0.2) is 5.79 Å². The predicted molar refractivity (Wildman–Crippen MR) is 218 cm³/mol. The Kier molecular flexibility index (Phi) is 12.1. The van der Waals surface area contributed by atoms with Gasteiger partial charge in [-0.25, -0.2) is 0 Å². The van der Waals surface area contributed by atoms with E-state index in [-0.39, 0.29) is 123 Å². The van der Waals surface area contributed by atoms with Crippen molar-refractivity contribution in [2.24, 2.45) is 23.2 Å². The summed E-state index contributed by atoms with van der Waals surface area (Å²) in [5, 5.41) is 25.2. The second kappa shape index (κ2) is 17.2. The number of methoxy groups -OCH3 is 2. The summed E-state index contributed by atoms with van der Waals surface area (Å²) < 4.78 is 59.3. The number of hydrogen-bond acceptors (Lipinski definition) is 13. The smallest absolute Gasteiger partial charge is 0.228 e. The molecule has 340 valence electrons. The van der Waals surface area contributed by atoms with Gasteiger partial charge in [-0.2, -0.15) is 0 Å². The predicted octanol–water partition coefficient (Wildman–Crippen LogP) is 4.01. The number of nitrogens with one attached hydrogen (secondary N) is 1. The van der Waals surface area contributed by atoms with Crippen molar-refractivity contribution in [3.05, 3.63) is 24.3 Å². The largest absolute Gasteiger partial charge is 0.395 e. The fourth-order valence-corrected chi connectivity index (χ4v) is 13.1. The van der Waals surface area contributed by atoms with E-state index in [1.54, 1.807) is 14.2 Å². The number of rotatable bonds is 8. The monoisotopic (exact) mass is 855 g/mol. The van der Waals surface area contributed by atoms with Gasteiger partial charge in [0.2, 0.25) is 5.91 Å². The number of aliphatic hydroxyl groups excluding tert-OH is 1. The summed E-state index contributed by atoms with van der Waals surface area (Å²) in [5.41, 5.74) is 1.41. The highest BCUT2D eigenvalue weighted by molar-refractivity contribution is 5.83. The third-order valence-corrected chi connectivity index (χ3v) is 16.9. The molecule has 10 saturated heterocycles. The Morgan fingerprint density at radius 1 is 0.803 bits per heavy atom. The summed E-state index contributed by atoms with van der Waals surface area (Å²) in [5.74, 6) is -1.49. The third-order valence-electron chi connectivity index (χ3n) is 16.9. The maximum absolute atomic E-state index is 14.3. The molecule has 10 aliphatic heterocycles. The number of carbonyl (C=O) groups excluding carboxylic acids is 2. The Morgan fingerprint density at radius 2 is 1.57 bits per heavy atom. The highest BCUT2D eigenvalue weighted by atomic mass is 16.7. The van der Waals surface area contributed by atoms with Crippen LogP contribution in [0.25, 0.3) is 0 Å². The topological polar surface area (TPSA) is 170 Å². The standard InChI is InChI=1S/C47H69NO13/c1-24-6-7-27-8-10-32-25(2)16-29(56-32)12-15-47(52)21-37-38-42-39(43(38)60-37)44(61-47)41-33(59-42)11-9-28(57-41)17-26(50)18-31-35(20-34(24)55-27)58-36(40(31)54-4)19-30(53-3)22-48-45(51)46(23-49)13-5-14-46/h27-44,49,52H,1-2,5-23H2,3-4H3,(H,48,51)/t27-,28-,29+,30+,31+,32+,33+,34-,35+,36-,37-,38+,39+,40-,41+,42?,43?,44-,47+/m1/s1. The van der Waals surface area contributed by atoms with Gasteiger partial charge in [0.25, 0.3) is 0 Å². The Bertz CT molecular complexity index is 1670. The van der Waals surface area contributed by atoms with Crippen LogP contribution in [-0.4, -0.2) is 147 Å². The SMILES string of the molecule is C=C1C[C@@H]2CC[C@@]3(O)C[C@H]4OC5[C@@H]6C(O[C@H]7CC[C@H](CC(=O)C[C@@H]8[C@@H](OC)[C@@H](C[C@@H](CNC(=O)C9(CO)CCC9)OC)O[C@H]8C[C@H]8O[C@H](CCC8=C)CC[C@@H]1O2)O[C@@H]7[C@@H]6O3)[C@@H]54. The molecular weight excluding hydrogens is 787 g/mol. The number of ether oxygens (including phenoxy) is 9. The van der Waals surface area contributed by atoms with Gasteiger partial charge in [-0.1, -0.05) is 19.6 Å². The minimum absolute atomic E-state index is 0.0176. The van der Waals surface area contributed by atoms with E-state index >= 15 is 0 Å².